The summed E-state index contributed by atoms with van der Waals surface area (Å²) in [5.74, 6) is 0. The summed E-state index contributed by atoms with van der Waals surface area (Å²) in [6.45, 7) is 9.91. The van der Waals surface area contributed by atoms with E-state index < -0.39 is 0 Å². The van der Waals surface area contributed by atoms with Crippen LogP contribution in [0.5, 0.6) is 0 Å². The van der Waals surface area contributed by atoms with Crippen molar-refractivity contribution in [1.29, 1.82) is 0 Å². The van der Waals surface area contributed by atoms with Crippen molar-refractivity contribution in [2.24, 2.45) is 7.05 Å². The van der Waals surface area contributed by atoms with E-state index in [-0.39, 0.29) is 0 Å². The number of fused-ring (bicyclic) bond motifs is 2. The van der Waals surface area contributed by atoms with Crippen molar-refractivity contribution in [3.63, 3.8) is 0 Å². The average Bonchev–Trinajstić information content (AvgIpc) is 2.90. The predicted octanol–water partition coefficient (Wildman–Crippen LogP) is 2.97. The number of nitrogens with one attached hydrogen (secondary N) is 1. The normalized spacial score (nSPS) is 16.6. The molecule has 0 fully saturated rings. The van der Waals surface area contributed by atoms with E-state index in [4.69, 9.17) is 0 Å². The fourth-order valence-corrected chi connectivity index (χ4v) is 3.69. The number of nitrogens with zero attached hydrogens (tertiary/aromatic N) is 2. The SMILES string of the molecule is CCNC(C)Cc1c(C)n(C)c2cc3c(cc12)CN(C)C3. The maximum Gasteiger partial charge on any atom is 0.0486 e. The molecule has 1 aliphatic rings. The molecule has 3 nitrogen and oxygen atoms in total. The average molecular weight is 285 g/mol. The molecule has 3 rings (SSSR count). The molecule has 1 N–H and O–H groups in total. The Bertz CT molecular complexity index is 669. The monoisotopic (exact) mass is 285 g/mol. The van der Waals surface area contributed by atoms with Crippen LogP contribution in [0.4, 0.5) is 0 Å². The largest absolute Gasteiger partial charge is 0.348 e. The van der Waals surface area contributed by atoms with E-state index in [1.54, 1.807) is 0 Å². The van der Waals surface area contributed by atoms with Crippen molar-refractivity contribution in [3.8, 4) is 0 Å². The lowest BCUT2D eigenvalue weighted by molar-refractivity contribution is 0.353. The summed E-state index contributed by atoms with van der Waals surface area (Å²) in [5, 5.41) is 4.99. The van der Waals surface area contributed by atoms with Gasteiger partial charge in [-0.2, -0.15) is 0 Å². The first-order valence-corrected chi connectivity index (χ1v) is 8.02. The van der Waals surface area contributed by atoms with Crippen molar-refractivity contribution < 1.29 is 0 Å². The first kappa shape index (κ1) is 14.6. The molecule has 0 amide bonds. The molecule has 0 aliphatic carbocycles. The Balaban J connectivity index is 2.08. The van der Waals surface area contributed by atoms with Crippen LogP contribution in [0, 0.1) is 6.92 Å². The molecule has 0 bridgehead atoms. The van der Waals surface area contributed by atoms with E-state index in [9.17, 15) is 0 Å². The number of hydrogen-bond donors (Lipinski definition) is 1. The van der Waals surface area contributed by atoms with E-state index >= 15 is 0 Å². The van der Waals surface area contributed by atoms with Crippen LogP contribution in [0.2, 0.25) is 0 Å². The van der Waals surface area contributed by atoms with Crippen molar-refractivity contribution >= 4 is 10.9 Å². The van der Waals surface area contributed by atoms with Crippen LogP contribution in [0.25, 0.3) is 10.9 Å². The van der Waals surface area contributed by atoms with Crippen LogP contribution in [0.1, 0.15) is 36.2 Å². The Labute approximate surface area is 127 Å². The van der Waals surface area contributed by atoms with Gasteiger partial charge >= 0.3 is 0 Å². The molecule has 0 saturated carbocycles. The quantitative estimate of drug-likeness (QED) is 0.932. The topological polar surface area (TPSA) is 20.2 Å². The number of benzene rings is 1. The molecule has 2 aromatic rings. The highest BCUT2D eigenvalue weighted by atomic mass is 15.1. The molecule has 1 atom stereocenters. The smallest absolute Gasteiger partial charge is 0.0486 e. The van der Waals surface area contributed by atoms with E-state index in [1.807, 2.05) is 0 Å². The molecular weight excluding hydrogens is 258 g/mol. The summed E-state index contributed by atoms with van der Waals surface area (Å²) in [7, 11) is 4.40. The summed E-state index contributed by atoms with van der Waals surface area (Å²) in [4.78, 5) is 2.39. The second-order valence-corrected chi connectivity index (χ2v) is 6.60. The van der Waals surface area contributed by atoms with Crippen LogP contribution in [0.15, 0.2) is 12.1 Å². The van der Waals surface area contributed by atoms with Crippen LogP contribution in [-0.4, -0.2) is 29.1 Å². The van der Waals surface area contributed by atoms with Crippen molar-refractivity contribution in [3.05, 3.63) is 34.5 Å². The van der Waals surface area contributed by atoms with Gasteiger partial charge in [0, 0.05) is 42.8 Å². The van der Waals surface area contributed by atoms with Gasteiger partial charge in [-0.1, -0.05) is 6.92 Å². The third kappa shape index (κ3) is 2.49. The molecule has 1 unspecified atom stereocenters. The Morgan fingerprint density at radius 1 is 1.19 bits per heavy atom. The Morgan fingerprint density at radius 3 is 2.52 bits per heavy atom. The number of aromatic nitrogens is 1. The van der Waals surface area contributed by atoms with Gasteiger partial charge in [0.1, 0.15) is 0 Å². The van der Waals surface area contributed by atoms with E-state index in [1.165, 1.54) is 33.3 Å². The molecule has 114 valence electrons. The maximum atomic E-state index is 3.54. The summed E-state index contributed by atoms with van der Waals surface area (Å²) in [6, 6.07) is 5.37. The zero-order chi connectivity index (χ0) is 15.1. The first-order valence-electron chi connectivity index (χ1n) is 8.02. The van der Waals surface area contributed by atoms with Gasteiger partial charge in [-0.15, -0.1) is 0 Å². The molecule has 1 aliphatic heterocycles. The standard InChI is InChI=1S/C18H27N3/c1-6-19-12(2)7-16-13(3)21(5)18-9-15-11-20(4)10-14(15)8-17(16)18/h8-9,12,19H,6-7,10-11H2,1-5H3. The Hall–Kier alpha value is -1.32. The highest BCUT2D eigenvalue weighted by molar-refractivity contribution is 5.87. The second kappa shape index (κ2) is 5.47. The van der Waals surface area contributed by atoms with Crippen molar-refractivity contribution in [2.75, 3.05) is 13.6 Å². The number of hydrogen-bond acceptors (Lipinski definition) is 2. The summed E-state index contributed by atoms with van der Waals surface area (Å²) < 4.78 is 2.36. The minimum atomic E-state index is 0.523. The molecule has 0 radical (unpaired) electrons. The van der Waals surface area contributed by atoms with Gasteiger partial charge < -0.3 is 9.88 Å². The molecule has 1 aromatic heterocycles. The number of rotatable bonds is 4. The van der Waals surface area contributed by atoms with Crippen LogP contribution < -0.4 is 5.32 Å². The lowest BCUT2D eigenvalue weighted by atomic mass is 10.0. The van der Waals surface area contributed by atoms with Gasteiger partial charge in [-0.25, -0.2) is 0 Å². The molecule has 0 saturated heterocycles. The van der Waals surface area contributed by atoms with E-state index in [2.05, 4.69) is 61.8 Å². The van der Waals surface area contributed by atoms with Gasteiger partial charge in [0.15, 0.2) is 0 Å². The summed E-state index contributed by atoms with van der Waals surface area (Å²) >= 11 is 0. The molecule has 1 aromatic carbocycles. The summed E-state index contributed by atoms with van der Waals surface area (Å²) in [5.41, 5.74) is 7.31. The van der Waals surface area contributed by atoms with Gasteiger partial charge in [-0.05, 0) is 62.7 Å². The highest BCUT2D eigenvalue weighted by Gasteiger charge is 2.20. The lowest BCUT2D eigenvalue weighted by Crippen LogP contribution is -2.27. The maximum absolute atomic E-state index is 3.54. The minimum Gasteiger partial charge on any atom is -0.348 e. The van der Waals surface area contributed by atoms with Gasteiger partial charge in [0.25, 0.3) is 0 Å². The third-order valence-electron chi connectivity index (χ3n) is 4.89. The molecule has 0 spiro atoms. The first-order chi connectivity index (χ1) is 10.0. The van der Waals surface area contributed by atoms with Gasteiger partial charge in [-0.3, -0.25) is 4.90 Å². The Morgan fingerprint density at radius 2 is 1.86 bits per heavy atom. The van der Waals surface area contributed by atoms with E-state index in [0.717, 1.165) is 26.1 Å². The van der Waals surface area contributed by atoms with E-state index in [0.29, 0.717) is 6.04 Å². The number of aryl methyl sites for hydroxylation is 1. The van der Waals surface area contributed by atoms with Crippen molar-refractivity contribution in [2.45, 2.75) is 46.3 Å². The molecular formula is C18H27N3. The minimum absolute atomic E-state index is 0.523. The Kier molecular flexibility index (Phi) is 3.80. The van der Waals surface area contributed by atoms with Gasteiger partial charge in [0.2, 0.25) is 0 Å². The lowest BCUT2D eigenvalue weighted by Gasteiger charge is -2.12. The fraction of sp³-hybridized carbons (Fsp3) is 0.556. The summed E-state index contributed by atoms with van der Waals surface area (Å²) in [6.07, 6.45) is 1.10. The zero-order valence-corrected chi connectivity index (χ0v) is 14.0. The van der Waals surface area contributed by atoms with Crippen LogP contribution >= 0.6 is 0 Å². The fourth-order valence-electron chi connectivity index (χ4n) is 3.69. The van der Waals surface area contributed by atoms with Crippen LogP contribution in [-0.2, 0) is 26.6 Å². The van der Waals surface area contributed by atoms with Crippen LogP contribution in [0.3, 0.4) is 0 Å². The van der Waals surface area contributed by atoms with Gasteiger partial charge in [0.05, 0.1) is 0 Å². The molecule has 21 heavy (non-hydrogen) atoms. The second-order valence-electron chi connectivity index (χ2n) is 6.60. The molecule has 2 heterocycles. The third-order valence-corrected chi connectivity index (χ3v) is 4.89. The van der Waals surface area contributed by atoms with Crippen molar-refractivity contribution in [1.82, 2.24) is 14.8 Å². The molecule has 3 heteroatoms. The predicted molar refractivity (Wildman–Crippen MR) is 89.7 cm³/mol. The highest BCUT2D eigenvalue weighted by Crippen LogP contribution is 2.32. The number of likely N-dealkylation sites (N-methyl/N-ethyl adjacent to an activating group) is 1. The zero-order valence-electron chi connectivity index (χ0n) is 14.0.